The third kappa shape index (κ3) is 4.99. The molecule has 0 aliphatic carbocycles. The normalized spacial score (nSPS) is 10.3. The molecule has 104 valence electrons. The van der Waals surface area contributed by atoms with E-state index in [2.05, 4.69) is 10.6 Å². The zero-order chi connectivity index (χ0) is 14.4. The number of aryl methyl sites for hydroxylation is 1. The van der Waals surface area contributed by atoms with E-state index >= 15 is 0 Å². The zero-order valence-electron chi connectivity index (χ0n) is 11.5. The Morgan fingerprint density at radius 2 is 2.00 bits per heavy atom. The largest absolute Gasteiger partial charge is 0.478 e. The second-order valence-electron chi connectivity index (χ2n) is 4.89. The average Bonchev–Trinajstić information content (AvgIpc) is 2.33. The SMILES string of the molecule is Cc1cc(NCC(=O)NCC(C)C)ccc1C(=O)O. The highest BCUT2D eigenvalue weighted by atomic mass is 16.4. The van der Waals surface area contributed by atoms with Crippen LogP contribution >= 0.6 is 0 Å². The van der Waals surface area contributed by atoms with Crippen LogP contribution in [0.3, 0.4) is 0 Å². The van der Waals surface area contributed by atoms with Gasteiger partial charge in [-0.25, -0.2) is 4.79 Å². The molecule has 0 atom stereocenters. The summed E-state index contributed by atoms with van der Waals surface area (Å²) in [4.78, 5) is 22.4. The van der Waals surface area contributed by atoms with E-state index in [0.717, 1.165) is 5.69 Å². The van der Waals surface area contributed by atoms with E-state index in [1.54, 1.807) is 19.1 Å². The number of amides is 1. The van der Waals surface area contributed by atoms with Gasteiger partial charge in [0.2, 0.25) is 5.91 Å². The minimum Gasteiger partial charge on any atom is -0.478 e. The lowest BCUT2D eigenvalue weighted by molar-refractivity contribution is -0.119. The average molecular weight is 264 g/mol. The standard InChI is InChI=1S/C14H20N2O3/c1-9(2)7-16-13(17)8-15-11-4-5-12(14(18)19)10(3)6-11/h4-6,9,15H,7-8H2,1-3H3,(H,16,17)(H,18,19). The molecular weight excluding hydrogens is 244 g/mol. The van der Waals surface area contributed by atoms with E-state index in [1.807, 2.05) is 13.8 Å². The number of carbonyl (C=O) groups excluding carboxylic acids is 1. The van der Waals surface area contributed by atoms with Gasteiger partial charge in [0.25, 0.3) is 0 Å². The van der Waals surface area contributed by atoms with E-state index in [-0.39, 0.29) is 18.0 Å². The first-order valence-electron chi connectivity index (χ1n) is 6.24. The third-order valence-corrected chi connectivity index (χ3v) is 2.62. The minimum atomic E-state index is -0.946. The molecule has 0 fully saturated rings. The third-order valence-electron chi connectivity index (χ3n) is 2.62. The zero-order valence-corrected chi connectivity index (χ0v) is 11.5. The number of carboxylic acid groups (broad SMARTS) is 1. The Morgan fingerprint density at radius 1 is 1.32 bits per heavy atom. The van der Waals surface area contributed by atoms with Crippen molar-refractivity contribution < 1.29 is 14.7 Å². The van der Waals surface area contributed by atoms with Crippen LogP contribution in [0.25, 0.3) is 0 Å². The molecular formula is C14H20N2O3. The molecule has 19 heavy (non-hydrogen) atoms. The number of nitrogens with one attached hydrogen (secondary N) is 2. The van der Waals surface area contributed by atoms with Crippen LogP contribution in [0.4, 0.5) is 5.69 Å². The maximum atomic E-state index is 11.5. The van der Waals surface area contributed by atoms with E-state index < -0.39 is 5.97 Å². The summed E-state index contributed by atoms with van der Waals surface area (Å²) in [5, 5.41) is 14.7. The maximum absolute atomic E-state index is 11.5. The fourth-order valence-corrected chi connectivity index (χ4v) is 1.58. The van der Waals surface area contributed by atoms with Crippen molar-refractivity contribution in [2.75, 3.05) is 18.4 Å². The van der Waals surface area contributed by atoms with Gasteiger partial charge in [0.15, 0.2) is 0 Å². The highest BCUT2D eigenvalue weighted by Crippen LogP contribution is 2.14. The molecule has 0 aliphatic heterocycles. The number of aromatic carboxylic acids is 1. The Bertz CT molecular complexity index is 470. The molecule has 1 aromatic rings. The molecule has 1 rings (SSSR count). The fourth-order valence-electron chi connectivity index (χ4n) is 1.58. The van der Waals surface area contributed by atoms with Crippen LogP contribution in [0.1, 0.15) is 29.8 Å². The summed E-state index contributed by atoms with van der Waals surface area (Å²) < 4.78 is 0. The minimum absolute atomic E-state index is 0.0753. The number of hydrogen-bond acceptors (Lipinski definition) is 3. The topological polar surface area (TPSA) is 78.4 Å². The maximum Gasteiger partial charge on any atom is 0.335 e. The van der Waals surface area contributed by atoms with Crippen molar-refractivity contribution in [2.45, 2.75) is 20.8 Å². The van der Waals surface area contributed by atoms with Crippen LogP contribution < -0.4 is 10.6 Å². The van der Waals surface area contributed by atoms with Gasteiger partial charge < -0.3 is 15.7 Å². The lowest BCUT2D eigenvalue weighted by Crippen LogP contribution is -2.32. The van der Waals surface area contributed by atoms with Gasteiger partial charge in [-0.05, 0) is 36.6 Å². The van der Waals surface area contributed by atoms with Gasteiger partial charge in [0.05, 0.1) is 12.1 Å². The van der Waals surface area contributed by atoms with Crippen molar-refractivity contribution >= 4 is 17.6 Å². The molecule has 0 saturated heterocycles. The Labute approximate surface area is 113 Å². The molecule has 0 radical (unpaired) electrons. The molecule has 0 heterocycles. The monoisotopic (exact) mass is 264 g/mol. The van der Waals surface area contributed by atoms with Gasteiger partial charge in [-0.1, -0.05) is 13.8 Å². The summed E-state index contributed by atoms with van der Waals surface area (Å²) in [6.07, 6.45) is 0. The lowest BCUT2D eigenvalue weighted by atomic mass is 10.1. The summed E-state index contributed by atoms with van der Waals surface area (Å²) >= 11 is 0. The van der Waals surface area contributed by atoms with Crippen molar-refractivity contribution in [1.29, 1.82) is 0 Å². The van der Waals surface area contributed by atoms with Crippen molar-refractivity contribution in [1.82, 2.24) is 5.32 Å². The van der Waals surface area contributed by atoms with E-state index in [9.17, 15) is 9.59 Å². The van der Waals surface area contributed by atoms with Crippen LogP contribution in [-0.4, -0.2) is 30.1 Å². The molecule has 1 aromatic carbocycles. The molecule has 0 aliphatic rings. The molecule has 0 unspecified atom stereocenters. The van der Waals surface area contributed by atoms with Gasteiger partial charge in [-0.15, -0.1) is 0 Å². The van der Waals surface area contributed by atoms with Crippen molar-refractivity contribution in [3.63, 3.8) is 0 Å². The van der Waals surface area contributed by atoms with Crippen LogP contribution in [0.2, 0.25) is 0 Å². The Hall–Kier alpha value is -2.04. The van der Waals surface area contributed by atoms with Crippen molar-refractivity contribution in [2.24, 2.45) is 5.92 Å². The predicted octanol–water partition coefficient (Wildman–Crippen LogP) is 1.88. The second kappa shape index (κ2) is 6.78. The van der Waals surface area contributed by atoms with Crippen LogP contribution in [0.15, 0.2) is 18.2 Å². The highest BCUT2D eigenvalue weighted by Gasteiger charge is 2.07. The smallest absolute Gasteiger partial charge is 0.335 e. The molecule has 5 heteroatoms. The fraction of sp³-hybridized carbons (Fsp3) is 0.429. The molecule has 5 nitrogen and oxygen atoms in total. The van der Waals surface area contributed by atoms with Gasteiger partial charge in [-0.3, -0.25) is 4.79 Å². The number of carbonyl (C=O) groups is 2. The van der Waals surface area contributed by atoms with E-state index in [0.29, 0.717) is 18.0 Å². The first kappa shape index (κ1) is 15.0. The number of hydrogen-bond donors (Lipinski definition) is 3. The predicted molar refractivity (Wildman–Crippen MR) is 74.5 cm³/mol. The van der Waals surface area contributed by atoms with Crippen molar-refractivity contribution in [3.8, 4) is 0 Å². The van der Waals surface area contributed by atoms with E-state index in [4.69, 9.17) is 5.11 Å². The van der Waals surface area contributed by atoms with Crippen LogP contribution in [-0.2, 0) is 4.79 Å². The summed E-state index contributed by atoms with van der Waals surface area (Å²) in [5.74, 6) is -0.603. The Kier molecular flexibility index (Phi) is 5.36. The molecule has 0 saturated carbocycles. The van der Waals surface area contributed by atoms with Gasteiger partial charge in [0, 0.05) is 12.2 Å². The summed E-state index contributed by atoms with van der Waals surface area (Å²) in [6, 6.07) is 4.91. The number of anilines is 1. The molecule has 0 aromatic heterocycles. The number of benzene rings is 1. The lowest BCUT2D eigenvalue weighted by Gasteiger charge is -2.10. The first-order valence-corrected chi connectivity index (χ1v) is 6.24. The first-order chi connectivity index (χ1) is 8.90. The quantitative estimate of drug-likeness (QED) is 0.733. The molecule has 3 N–H and O–H groups in total. The van der Waals surface area contributed by atoms with E-state index in [1.165, 1.54) is 6.07 Å². The number of rotatable bonds is 6. The summed E-state index contributed by atoms with van der Waals surface area (Å²) in [7, 11) is 0. The van der Waals surface area contributed by atoms with Crippen LogP contribution in [0, 0.1) is 12.8 Å². The molecule has 0 spiro atoms. The van der Waals surface area contributed by atoms with Gasteiger partial charge in [-0.2, -0.15) is 0 Å². The van der Waals surface area contributed by atoms with Crippen LogP contribution in [0.5, 0.6) is 0 Å². The number of carboxylic acids is 1. The molecule has 1 amide bonds. The van der Waals surface area contributed by atoms with Crippen molar-refractivity contribution in [3.05, 3.63) is 29.3 Å². The summed E-state index contributed by atoms with van der Waals surface area (Å²) in [6.45, 7) is 6.62. The highest BCUT2D eigenvalue weighted by molar-refractivity contribution is 5.90. The summed E-state index contributed by atoms with van der Waals surface area (Å²) in [5.41, 5.74) is 1.68. The van der Waals surface area contributed by atoms with Gasteiger partial charge >= 0.3 is 5.97 Å². The Balaban J connectivity index is 2.52. The van der Waals surface area contributed by atoms with Gasteiger partial charge in [0.1, 0.15) is 0 Å². The second-order valence-corrected chi connectivity index (χ2v) is 4.89. The molecule has 0 bridgehead atoms. The Morgan fingerprint density at radius 3 is 2.53 bits per heavy atom.